The molecule has 1 amide bonds. The van der Waals surface area contributed by atoms with E-state index in [2.05, 4.69) is 15.6 Å². The minimum Gasteiger partial charge on any atom is -0.369 e. The van der Waals surface area contributed by atoms with E-state index in [0.29, 0.717) is 22.4 Å². The van der Waals surface area contributed by atoms with Gasteiger partial charge in [0, 0.05) is 18.8 Å². The zero-order valence-corrected chi connectivity index (χ0v) is 10.5. The lowest BCUT2D eigenvalue weighted by molar-refractivity contribution is 0.0916. The quantitative estimate of drug-likeness (QED) is 0.867. The summed E-state index contributed by atoms with van der Waals surface area (Å²) in [4.78, 5) is 16.0. The number of amides is 1. The van der Waals surface area contributed by atoms with Gasteiger partial charge in [-0.2, -0.15) is 0 Å². The van der Waals surface area contributed by atoms with E-state index in [9.17, 15) is 4.79 Å². The predicted octanol–water partition coefficient (Wildman–Crippen LogP) is 2.45. The first kappa shape index (κ1) is 12.2. The van der Waals surface area contributed by atoms with E-state index in [1.165, 1.54) is 6.42 Å². The van der Waals surface area contributed by atoms with Gasteiger partial charge in [-0.15, -0.1) is 0 Å². The summed E-state index contributed by atoms with van der Waals surface area (Å²) in [6.07, 6.45) is 4.89. The molecule has 0 saturated heterocycles. The summed E-state index contributed by atoms with van der Waals surface area (Å²) in [6.45, 7) is 2.72. The van der Waals surface area contributed by atoms with Crippen molar-refractivity contribution in [2.45, 2.75) is 32.2 Å². The van der Waals surface area contributed by atoms with E-state index >= 15 is 0 Å². The van der Waals surface area contributed by atoms with Crippen LogP contribution >= 0.6 is 11.6 Å². The van der Waals surface area contributed by atoms with Crippen LogP contribution in [0.2, 0.25) is 5.02 Å². The third kappa shape index (κ3) is 2.88. The Bertz CT molecular complexity index is 418. The molecule has 0 atom stereocenters. The highest BCUT2D eigenvalue weighted by atomic mass is 35.5. The Morgan fingerprint density at radius 3 is 2.88 bits per heavy atom. The number of carbonyl (C=O) groups excluding carboxylic acids is 1. The molecule has 0 spiro atoms. The van der Waals surface area contributed by atoms with Crippen molar-refractivity contribution in [3.63, 3.8) is 0 Å². The van der Waals surface area contributed by atoms with E-state index in [0.717, 1.165) is 19.4 Å². The zero-order chi connectivity index (χ0) is 12.3. The number of carbonyl (C=O) groups is 1. The smallest absolute Gasteiger partial charge is 0.253 e. The molecule has 2 N–H and O–H groups in total. The zero-order valence-electron chi connectivity index (χ0n) is 9.79. The van der Waals surface area contributed by atoms with Crippen molar-refractivity contribution >= 4 is 23.3 Å². The summed E-state index contributed by atoms with van der Waals surface area (Å²) >= 11 is 6.03. The second-order valence-electron chi connectivity index (χ2n) is 4.19. The Labute approximate surface area is 106 Å². The van der Waals surface area contributed by atoms with E-state index < -0.39 is 0 Å². The Morgan fingerprint density at radius 2 is 2.35 bits per heavy atom. The summed E-state index contributed by atoms with van der Waals surface area (Å²) in [5.74, 6) is 0.529. The average molecular weight is 254 g/mol. The maximum atomic E-state index is 11.8. The normalized spacial score (nSPS) is 15.2. The number of hydrogen-bond acceptors (Lipinski definition) is 3. The van der Waals surface area contributed by atoms with Gasteiger partial charge in [-0.25, -0.2) is 4.98 Å². The molecule has 2 rings (SSSR count). The molecule has 5 heteroatoms. The van der Waals surface area contributed by atoms with E-state index in [1.54, 1.807) is 12.3 Å². The van der Waals surface area contributed by atoms with Crippen molar-refractivity contribution in [3.8, 4) is 0 Å². The van der Waals surface area contributed by atoms with Gasteiger partial charge in [-0.1, -0.05) is 11.6 Å². The van der Waals surface area contributed by atoms with Crippen molar-refractivity contribution in [1.29, 1.82) is 0 Å². The van der Waals surface area contributed by atoms with Crippen LogP contribution in [0.25, 0.3) is 0 Å². The highest BCUT2D eigenvalue weighted by molar-refractivity contribution is 6.33. The topological polar surface area (TPSA) is 54.0 Å². The summed E-state index contributed by atoms with van der Waals surface area (Å²) < 4.78 is 0. The molecule has 1 saturated carbocycles. The maximum absolute atomic E-state index is 11.8. The number of hydrogen-bond donors (Lipinski definition) is 2. The second kappa shape index (κ2) is 5.36. The van der Waals surface area contributed by atoms with Crippen LogP contribution in [0.15, 0.2) is 12.3 Å². The summed E-state index contributed by atoms with van der Waals surface area (Å²) in [5, 5.41) is 6.46. The van der Waals surface area contributed by atoms with E-state index in [1.807, 2.05) is 6.92 Å². The molecule has 1 aromatic rings. The highest BCUT2D eigenvalue weighted by Crippen LogP contribution is 2.21. The molecule has 0 radical (unpaired) electrons. The number of aromatic nitrogens is 1. The summed E-state index contributed by atoms with van der Waals surface area (Å²) in [6, 6.07) is 1.98. The molecule has 0 bridgehead atoms. The lowest BCUT2D eigenvalue weighted by Crippen LogP contribution is -2.39. The Balaban J connectivity index is 2.04. The minimum atomic E-state index is -0.0906. The standard InChI is InChI=1S/C12H16ClN3O/c1-2-14-11-10(13)6-8(7-15-11)12(17)16-9-4-3-5-9/h6-7,9H,2-5H2,1H3,(H,14,15)(H,16,17). The first-order chi connectivity index (χ1) is 8.20. The van der Waals surface area contributed by atoms with Crippen molar-refractivity contribution < 1.29 is 4.79 Å². The fourth-order valence-corrected chi connectivity index (χ4v) is 1.91. The molecule has 0 aliphatic heterocycles. The summed E-state index contributed by atoms with van der Waals surface area (Å²) in [7, 11) is 0. The largest absolute Gasteiger partial charge is 0.369 e. The van der Waals surface area contributed by atoms with Crippen LogP contribution in [-0.4, -0.2) is 23.5 Å². The minimum absolute atomic E-state index is 0.0906. The molecule has 4 nitrogen and oxygen atoms in total. The van der Waals surface area contributed by atoms with Crippen LogP contribution in [0.4, 0.5) is 5.82 Å². The Kier molecular flexibility index (Phi) is 3.84. The molecule has 1 aliphatic rings. The van der Waals surface area contributed by atoms with Crippen molar-refractivity contribution in [3.05, 3.63) is 22.8 Å². The van der Waals surface area contributed by atoms with Crippen molar-refractivity contribution in [1.82, 2.24) is 10.3 Å². The molecular weight excluding hydrogens is 238 g/mol. The number of anilines is 1. The fraction of sp³-hybridized carbons (Fsp3) is 0.500. The number of nitrogens with one attached hydrogen (secondary N) is 2. The van der Waals surface area contributed by atoms with Gasteiger partial charge in [0.25, 0.3) is 5.91 Å². The van der Waals surface area contributed by atoms with Gasteiger partial charge in [0.05, 0.1) is 10.6 Å². The van der Waals surface area contributed by atoms with Crippen molar-refractivity contribution in [2.75, 3.05) is 11.9 Å². The molecule has 17 heavy (non-hydrogen) atoms. The van der Waals surface area contributed by atoms with Gasteiger partial charge < -0.3 is 10.6 Å². The number of rotatable bonds is 4. The van der Waals surface area contributed by atoms with Gasteiger partial charge in [-0.3, -0.25) is 4.79 Å². The van der Waals surface area contributed by atoms with Crippen LogP contribution in [0.3, 0.4) is 0 Å². The van der Waals surface area contributed by atoms with E-state index in [4.69, 9.17) is 11.6 Å². The predicted molar refractivity (Wildman–Crippen MR) is 68.5 cm³/mol. The van der Waals surface area contributed by atoms with Gasteiger partial charge in [-0.05, 0) is 32.3 Å². The molecule has 1 aromatic heterocycles. The third-order valence-electron chi connectivity index (χ3n) is 2.89. The average Bonchev–Trinajstić information content (AvgIpc) is 2.26. The molecule has 1 aliphatic carbocycles. The van der Waals surface area contributed by atoms with Gasteiger partial charge >= 0.3 is 0 Å². The first-order valence-electron chi connectivity index (χ1n) is 5.91. The number of pyridine rings is 1. The molecule has 92 valence electrons. The van der Waals surface area contributed by atoms with Crippen LogP contribution < -0.4 is 10.6 Å². The maximum Gasteiger partial charge on any atom is 0.253 e. The number of halogens is 1. The Hall–Kier alpha value is -1.29. The molecule has 1 heterocycles. The van der Waals surface area contributed by atoms with Crippen LogP contribution in [-0.2, 0) is 0 Å². The molecular formula is C12H16ClN3O. The van der Waals surface area contributed by atoms with Crippen LogP contribution in [0.5, 0.6) is 0 Å². The Morgan fingerprint density at radius 1 is 1.59 bits per heavy atom. The van der Waals surface area contributed by atoms with E-state index in [-0.39, 0.29) is 5.91 Å². The van der Waals surface area contributed by atoms with Crippen molar-refractivity contribution in [2.24, 2.45) is 0 Å². The molecule has 0 unspecified atom stereocenters. The highest BCUT2D eigenvalue weighted by Gasteiger charge is 2.20. The first-order valence-corrected chi connectivity index (χ1v) is 6.28. The molecule has 0 aromatic carbocycles. The molecule has 1 fully saturated rings. The fourth-order valence-electron chi connectivity index (χ4n) is 1.68. The van der Waals surface area contributed by atoms with Crippen LogP contribution in [0.1, 0.15) is 36.5 Å². The van der Waals surface area contributed by atoms with Gasteiger partial charge in [0.15, 0.2) is 0 Å². The third-order valence-corrected chi connectivity index (χ3v) is 3.18. The second-order valence-corrected chi connectivity index (χ2v) is 4.59. The summed E-state index contributed by atoms with van der Waals surface area (Å²) in [5.41, 5.74) is 0.517. The lowest BCUT2D eigenvalue weighted by Gasteiger charge is -2.26. The monoisotopic (exact) mass is 253 g/mol. The lowest BCUT2D eigenvalue weighted by atomic mass is 9.93. The van der Waals surface area contributed by atoms with Gasteiger partial charge in [0.1, 0.15) is 5.82 Å². The van der Waals surface area contributed by atoms with Gasteiger partial charge in [0.2, 0.25) is 0 Å². The number of nitrogens with zero attached hydrogens (tertiary/aromatic N) is 1. The SMILES string of the molecule is CCNc1ncc(C(=O)NC2CCC2)cc1Cl. The van der Waals surface area contributed by atoms with Crippen LogP contribution in [0, 0.1) is 0 Å².